The Hall–Kier alpha value is -1.57. The second-order valence-corrected chi connectivity index (χ2v) is 8.31. The molecule has 0 aliphatic carbocycles. The number of amides is 1. The molecular formula is C20H31Cl2N5O2. The van der Waals surface area contributed by atoms with E-state index in [1.54, 1.807) is 11.7 Å². The summed E-state index contributed by atoms with van der Waals surface area (Å²) in [7, 11) is 1.79. The fourth-order valence-electron chi connectivity index (χ4n) is 4.86. The molecule has 1 amide bonds. The number of aromatic amines is 1. The van der Waals surface area contributed by atoms with Crippen molar-refractivity contribution in [1.82, 2.24) is 25.0 Å². The second-order valence-electron chi connectivity index (χ2n) is 8.31. The number of hydrogen-bond acceptors (Lipinski definition) is 4. The summed E-state index contributed by atoms with van der Waals surface area (Å²) in [6.07, 6.45) is 4.57. The van der Waals surface area contributed by atoms with Gasteiger partial charge in [0.05, 0.1) is 5.39 Å². The van der Waals surface area contributed by atoms with Gasteiger partial charge in [-0.1, -0.05) is 0 Å². The Kier molecular flexibility index (Phi) is 7.41. The molecular weight excluding hydrogens is 413 g/mol. The van der Waals surface area contributed by atoms with Gasteiger partial charge in [-0.25, -0.2) is 4.98 Å². The number of pyridine rings is 1. The minimum Gasteiger partial charge on any atom is -0.343 e. The monoisotopic (exact) mass is 443 g/mol. The summed E-state index contributed by atoms with van der Waals surface area (Å²) < 4.78 is 1.66. The number of rotatable bonds is 3. The van der Waals surface area contributed by atoms with Crippen LogP contribution < -0.4 is 10.9 Å². The van der Waals surface area contributed by atoms with Crippen LogP contribution in [0.1, 0.15) is 42.5 Å². The van der Waals surface area contributed by atoms with E-state index >= 15 is 0 Å². The maximum atomic E-state index is 12.7. The van der Waals surface area contributed by atoms with Gasteiger partial charge in [0.2, 0.25) is 5.91 Å². The van der Waals surface area contributed by atoms with Gasteiger partial charge in [-0.2, -0.15) is 0 Å². The number of carbonyl (C=O) groups excluding carboxylic acids is 1. The zero-order valence-corrected chi connectivity index (χ0v) is 19.0. The Morgan fingerprint density at radius 1 is 1.17 bits per heavy atom. The van der Waals surface area contributed by atoms with E-state index in [-0.39, 0.29) is 36.3 Å². The van der Waals surface area contributed by atoms with Crippen LogP contribution in [0.15, 0.2) is 4.79 Å². The summed E-state index contributed by atoms with van der Waals surface area (Å²) in [5.41, 5.74) is 3.86. The average Bonchev–Trinajstić information content (AvgIpc) is 3.20. The van der Waals surface area contributed by atoms with E-state index in [0.717, 1.165) is 55.8 Å². The van der Waals surface area contributed by atoms with Crippen molar-refractivity contribution in [3.63, 3.8) is 0 Å². The predicted octanol–water partition coefficient (Wildman–Crippen LogP) is 2.26. The van der Waals surface area contributed by atoms with Crippen molar-refractivity contribution in [2.45, 2.75) is 46.0 Å². The average molecular weight is 444 g/mol. The molecule has 4 rings (SSSR count). The molecule has 0 unspecified atom stereocenters. The molecule has 2 saturated heterocycles. The van der Waals surface area contributed by atoms with Crippen LogP contribution in [0.5, 0.6) is 0 Å². The van der Waals surface area contributed by atoms with Crippen LogP contribution >= 0.6 is 24.8 Å². The number of aryl methyl sites for hydroxylation is 3. The Bertz CT molecular complexity index is 936. The maximum Gasteiger partial charge on any atom is 0.273 e. The standard InChI is InChI=1S/C20H29N5O2.2ClH/c1-13-15(14(2)22-18-17(13)19(27)23-24(18)3)4-5-16(26)25-10-7-20(8-11-25)6-9-21-12-20;;/h21H,4-12H2,1-3H3,(H,23,27);2*1H. The number of carbonyl (C=O) groups is 1. The Morgan fingerprint density at radius 2 is 1.86 bits per heavy atom. The number of piperidine rings is 1. The molecule has 7 nitrogen and oxygen atoms in total. The normalized spacial score (nSPS) is 18.0. The number of nitrogens with one attached hydrogen (secondary N) is 2. The van der Waals surface area contributed by atoms with E-state index in [2.05, 4.69) is 15.4 Å². The highest BCUT2D eigenvalue weighted by Gasteiger charge is 2.37. The van der Waals surface area contributed by atoms with Gasteiger partial charge in [-0.05, 0) is 62.6 Å². The lowest BCUT2D eigenvalue weighted by Crippen LogP contribution is -2.44. The zero-order chi connectivity index (χ0) is 19.2. The van der Waals surface area contributed by atoms with Crippen LogP contribution in [0.3, 0.4) is 0 Å². The topological polar surface area (TPSA) is 83.0 Å². The van der Waals surface area contributed by atoms with Crippen molar-refractivity contribution in [1.29, 1.82) is 0 Å². The SMILES string of the molecule is Cc1nc2c(c(C)c1CCC(=O)N1CCC3(CCNC3)CC1)c(=O)[nH]n2C.Cl.Cl. The molecule has 2 N–H and O–H groups in total. The Labute approximate surface area is 183 Å². The molecule has 9 heteroatoms. The number of halogens is 2. The third kappa shape index (κ3) is 4.32. The van der Waals surface area contributed by atoms with E-state index in [1.807, 2.05) is 18.7 Å². The number of aromatic nitrogens is 3. The van der Waals surface area contributed by atoms with Crippen LogP contribution in [-0.2, 0) is 18.3 Å². The van der Waals surface area contributed by atoms with Crippen LogP contribution in [0.4, 0.5) is 0 Å². The lowest BCUT2D eigenvalue weighted by Gasteiger charge is -2.39. The zero-order valence-electron chi connectivity index (χ0n) is 17.3. The molecule has 4 heterocycles. The quantitative estimate of drug-likeness (QED) is 0.761. The van der Waals surface area contributed by atoms with Crippen LogP contribution in [0.25, 0.3) is 11.0 Å². The first kappa shape index (κ1) is 23.7. The maximum absolute atomic E-state index is 12.7. The van der Waals surface area contributed by atoms with Crippen molar-refractivity contribution in [3.05, 3.63) is 27.2 Å². The van der Waals surface area contributed by atoms with Gasteiger partial charge in [0, 0.05) is 38.8 Å². The molecule has 1 spiro atoms. The van der Waals surface area contributed by atoms with Crippen LogP contribution in [0.2, 0.25) is 0 Å². The second kappa shape index (κ2) is 9.06. The van der Waals surface area contributed by atoms with Crippen molar-refractivity contribution in [2.24, 2.45) is 12.5 Å². The highest BCUT2D eigenvalue weighted by Crippen LogP contribution is 2.37. The first-order chi connectivity index (χ1) is 12.9. The number of fused-ring (bicyclic) bond motifs is 1. The summed E-state index contributed by atoms with van der Waals surface area (Å²) in [5.74, 6) is 0.219. The van der Waals surface area contributed by atoms with Crippen LogP contribution in [0, 0.1) is 19.3 Å². The lowest BCUT2D eigenvalue weighted by atomic mass is 9.78. The first-order valence-electron chi connectivity index (χ1n) is 9.93. The van der Waals surface area contributed by atoms with Crippen molar-refractivity contribution >= 4 is 41.8 Å². The van der Waals surface area contributed by atoms with Crippen molar-refractivity contribution in [3.8, 4) is 0 Å². The van der Waals surface area contributed by atoms with Gasteiger partial charge in [-0.15, -0.1) is 24.8 Å². The molecule has 0 bridgehead atoms. The largest absolute Gasteiger partial charge is 0.343 e. The summed E-state index contributed by atoms with van der Waals surface area (Å²) in [6, 6.07) is 0. The van der Waals surface area contributed by atoms with Crippen molar-refractivity contribution in [2.75, 3.05) is 26.2 Å². The predicted molar refractivity (Wildman–Crippen MR) is 119 cm³/mol. The summed E-state index contributed by atoms with van der Waals surface area (Å²) in [5, 5.41) is 6.87. The number of hydrogen-bond donors (Lipinski definition) is 2. The number of nitrogens with zero attached hydrogens (tertiary/aromatic N) is 3. The van der Waals surface area contributed by atoms with E-state index < -0.39 is 0 Å². The molecule has 2 aromatic rings. The van der Waals surface area contributed by atoms with Crippen molar-refractivity contribution < 1.29 is 4.79 Å². The van der Waals surface area contributed by atoms with Gasteiger partial charge >= 0.3 is 0 Å². The molecule has 0 atom stereocenters. The Balaban J connectivity index is 0.00000150. The van der Waals surface area contributed by atoms with Gasteiger partial charge in [-0.3, -0.25) is 19.4 Å². The molecule has 0 radical (unpaired) electrons. The molecule has 0 aromatic carbocycles. The fourth-order valence-corrected chi connectivity index (χ4v) is 4.86. The van der Waals surface area contributed by atoms with Gasteiger partial charge in [0.15, 0.2) is 5.65 Å². The number of H-pyrrole nitrogens is 1. The van der Waals surface area contributed by atoms with Gasteiger partial charge in [0.25, 0.3) is 5.56 Å². The van der Waals surface area contributed by atoms with E-state index in [9.17, 15) is 9.59 Å². The molecule has 2 aromatic heterocycles. The molecule has 29 heavy (non-hydrogen) atoms. The van der Waals surface area contributed by atoms with E-state index in [0.29, 0.717) is 29.3 Å². The van der Waals surface area contributed by atoms with Gasteiger partial charge in [0.1, 0.15) is 0 Å². The van der Waals surface area contributed by atoms with E-state index in [1.165, 1.54) is 6.42 Å². The lowest BCUT2D eigenvalue weighted by molar-refractivity contribution is -0.133. The highest BCUT2D eigenvalue weighted by molar-refractivity contribution is 5.85. The highest BCUT2D eigenvalue weighted by atomic mass is 35.5. The summed E-state index contributed by atoms with van der Waals surface area (Å²) in [4.78, 5) is 31.6. The third-order valence-electron chi connectivity index (χ3n) is 6.67. The molecule has 2 aliphatic heterocycles. The summed E-state index contributed by atoms with van der Waals surface area (Å²) in [6.45, 7) is 7.87. The van der Waals surface area contributed by atoms with Crippen LogP contribution in [-0.4, -0.2) is 51.8 Å². The van der Waals surface area contributed by atoms with Gasteiger partial charge < -0.3 is 10.2 Å². The molecule has 2 aliphatic rings. The molecule has 2 fully saturated rings. The first-order valence-corrected chi connectivity index (χ1v) is 9.93. The molecule has 0 saturated carbocycles. The third-order valence-corrected chi connectivity index (χ3v) is 6.67. The van der Waals surface area contributed by atoms with E-state index in [4.69, 9.17) is 0 Å². The smallest absolute Gasteiger partial charge is 0.273 e. The molecule has 162 valence electrons. The number of likely N-dealkylation sites (tertiary alicyclic amines) is 1. The summed E-state index contributed by atoms with van der Waals surface area (Å²) >= 11 is 0. The fraction of sp³-hybridized carbons (Fsp3) is 0.650. The minimum atomic E-state index is -0.114. The minimum absolute atomic E-state index is 0. The Morgan fingerprint density at radius 3 is 2.48 bits per heavy atom.